The first-order valence-electron chi connectivity index (χ1n) is 7.87. The van der Waals surface area contributed by atoms with E-state index in [2.05, 4.69) is 52.1 Å². The van der Waals surface area contributed by atoms with Crippen LogP contribution >= 0.6 is 15.9 Å². The molecule has 1 aliphatic rings. The molecular formula is C17H27BrN2O. The predicted octanol–water partition coefficient (Wildman–Crippen LogP) is 3.67. The van der Waals surface area contributed by atoms with Gasteiger partial charge in [0.15, 0.2) is 0 Å². The lowest BCUT2D eigenvalue weighted by atomic mass is 9.96. The number of nitrogens with zero attached hydrogens (tertiary/aromatic N) is 1. The molecule has 1 aromatic carbocycles. The molecule has 0 amide bonds. The fourth-order valence-corrected chi connectivity index (χ4v) is 3.48. The van der Waals surface area contributed by atoms with Gasteiger partial charge in [-0.2, -0.15) is 0 Å². The average Bonchev–Trinajstić information content (AvgIpc) is 2.48. The topological polar surface area (TPSA) is 24.5 Å². The molecule has 1 heterocycles. The van der Waals surface area contributed by atoms with E-state index in [-0.39, 0.29) is 0 Å². The molecule has 3 nitrogen and oxygen atoms in total. The molecule has 21 heavy (non-hydrogen) atoms. The van der Waals surface area contributed by atoms with E-state index in [0.29, 0.717) is 6.04 Å². The molecule has 4 heteroatoms. The molecule has 0 aliphatic carbocycles. The normalized spacial score (nSPS) is 16.7. The minimum Gasteiger partial charge on any atom is -0.496 e. The predicted molar refractivity (Wildman–Crippen MR) is 91.8 cm³/mol. The van der Waals surface area contributed by atoms with Gasteiger partial charge in [-0.05, 0) is 79.3 Å². The van der Waals surface area contributed by atoms with Crippen LogP contribution in [0.15, 0.2) is 22.7 Å². The number of methoxy groups -OCH3 is 1. The summed E-state index contributed by atoms with van der Waals surface area (Å²) in [6, 6.07) is 6.96. The Bertz CT molecular complexity index is 444. The van der Waals surface area contributed by atoms with E-state index in [0.717, 1.165) is 22.7 Å². The summed E-state index contributed by atoms with van der Waals surface area (Å²) in [4.78, 5) is 2.59. The van der Waals surface area contributed by atoms with Crippen molar-refractivity contribution in [3.8, 4) is 5.75 Å². The Hall–Kier alpha value is -0.580. The molecule has 0 atom stereocenters. The Balaban J connectivity index is 2.00. The highest BCUT2D eigenvalue weighted by Gasteiger charge is 2.19. The van der Waals surface area contributed by atoms with E-state index in [4.69, 9.17) is 4.74 Å². The molecule has 118 valence electrons. The first-order valence-corrected chi connectivity index (χ1v) is 8.66. The SMILES string of the molecule is COc1ccc(CN(CC2CCNCC2)C(C)C)cc1Br. The largest absolute Gasteiger partial charge is 0.496 e. The number of rotatable bonds is 6. The molecule has 2 rings (SSSR count). The van der Waals surface area contributed by atoms with Crippen LogP contribution in [0.1, 0.15) is 32.3 Å². The van der Waals surface area contributed by atoms with Crippen LogP contribution in [0.4, 0.5) is 0 Å². The van der Waals surface area contributed by atoms with Gasteiger partial charge in [0.05, 0.1) is 11.6 Å². The van der Waals surface area contributed by atoms with Crippen molar-refractivity contribution >= 4 is 15.9 Å². The van der Waals surface area contributed by atoms with Crippen molar-refractivity contribution in [2.75, 3.05) is 26.7 Å². The quantitative estimate of drug-likeness (QED) is 0.843. The molecule has 1 N–H and O–H groups in total. The summed E-state index contributed by atoms with van der Waals surface area (Å²) in [5.41, 5.74) is 1.34. The van der Waals surface area contributed by atoms with Crippen molar-refractivity contribution in [3.63, 3.8) is 0 Å². The molecule has 0 unspecified atom stereocenters. The Kier molecular flexibility index (Phi) is 6.52. The highest BCUT2D eigenvalue weighted by atomic mass is 79.9. The molecule has 0 spiro atoms. The summed E-state index contributed by atoms with van der Waals surface area (Å²) in [5, 5.41) is 3.45. The zero-order chi connectivity index (χ0) is 15.2. The molecular weight excluding hydrogens is 328 g/mol. The van der Waals surface area contributed by atoms with E-state index in [1.807, 2.05) is 6.07 Å². The first-order chi connectivity index (χ1) is 10.1. The van der Waals surface area contributed by atoms with E-state index >= 15 is 0 Å². The lowest BCUT2D eigenvalue weighted by Crippen LogP contribution is -2.39. The first kappa shape index (κ1) is 16.8. The van der Waals surface area contributed by atoms with Gasteiger partial charge >= 0.3 is 0 Å². The number of halogens is 1. The molecule has 0 radical (unpaired) electrons. The van der Waals surface area contributed by atoms with E-state index < -0.39 is 0 Å². The van der Waals surface area contributed by atoms with Crippen LogP contribution in [0.5, 0.6) is 5.75 Å². The third-order valence-corrected chi connectivity index (χ3v) is 4.90. The van der Waals surface area contributed by atoms with Crippen LogP contribution in [-0.4, -0.2) is 37.7 Å². The zero-order valence-electron chi connectivity index (χ0n) is 13.4. The van der Waals surface area contributed by atoms with Crippen molar-refractivity contribution in [2.24, 2.45) is 5.92 Å². The smallest absolute Gasteiger partial charge is 0.133 e. The standard InChI is InChI=1S/C17H27BrN2O/c1-13(2)20(11-14-6-8-19-9-7-14)12-15-4-5-17(21-3)16(18)10-15/h4-5,10,13-14,19H,6-9,11-12H2,1-3H3. The fraction of sp³-hybridized carbons (Fsp3) is 0.647. The van der Waals surface area contributed by atoms with Gasteiger partial charge in [0.1, 0.15) is 5.75 Å². The van der Waals surface area contributed by atoms with E-state index in [1.54, 1.807) is 7.11 Å². The highest BCUT2D eigenvalue weighted by Crippen LogP contribution is 2.26. The number of nitrogens with one attached hydrogen (secondary N) is 1. The van der Waals surface area contributed by atoms with E-state index in [9.17, 15) is 0 Å². The van der Waals surface area contributed by atoms with Gasteiger partial charge in [0, 0.05) is 19.1 Å². The number of hydrogen-bond acceptors (Lipinski definition) is 3. The molecule has 1 aromatic rings. The van der Waals surface area contributed by atoms with Gasteiger partial charge in [-0.1, -0.05) is 6.07 Å². The van der Waals surface area contributed by atoms with Gasteiger partial charge in [0.2, 0.25) is 0 Å². The number of benzene rings is 1. The van der Waals surface area contributed by atoms with E-state index in [1.165, 1.54) is 38.0 Å². The maximum Gasteiger partial charge on any atom is 0.133 e. The molecule has 0 aromatic heterocycles. The van der Waals surface area contributed by atoms with Gasteiger partial charge in [0.25, 0.3) is 0 Å². The molecule has 1 saturated heterocycles. The Labute approximate surface area is 137 Å². The molecule has 0 saturated carbocycles. The monoisotopic (exact) mass is 354 g/mol. The number of hydrogen-bond donors (Lipinski definition) is 1. The summed E-state index contributed by atoms with van der Waals surface area (Å²) >= 11 is 3.58. The van der Waals surface area contributed by atoms with Crippen LogP contribution in [-0.2, 0) is 6.54 Å². The Morgan fingerprint density at radius 3 is 2.62 bits per heavy atom. The van der Waals surface area contributed by atoms with Crippen molar-refractivity contribution in [1.82, 2.24) is 10.2 Å². The second-order valence-corrected chi connectivity index (χ2v) is 7.04. The van der Waals surface area contributed by atoms with Gasteiger partial charge in [-0.3, -0.25) is 4.90 Å². The third-order valence-electron chi connectivity index (χ3n) is 4.28. The van der Waals surface area contributed by atoms with Crippen molar-refractivity contribution in [2.45, 2.75) is 39.3 Å². The molecule has 1 aliphatic heterocycles. The number of piperidine rings is 1. The zero-order valence-corrected chi connectivity index (χ0v) is 14.9. The fourth-order valence-electron chi connectivity index (χ4n) is 2.90. The van der Waals surface area contributed by atoms with Gasteiger partial charge in [-0.25, -0.2) is 0 Å². The second kappa shape index (κ2) is 8.16. The maximum atomic E-state index is 5.31. The van der Waals surface area contributed by atoms with Crippen LogP contribution < -0.4 is 10.1 Å². The number of ether oxygens (including phenoxy) is 1. The summed E-state index contributed by atoms with van der Waals surface area (Å²) in [5.74, 6) is 1.73. The summed E-state index contributed by atoms with van der Waals surface area (Å²) < 4.78 is 6.34. The van der Waals surface area contributed by atoms with Crippen LogP contribution in [0.25, 0.3) is 0 Å². The molecule has 0 bridgehead atoms. The van der Waals surface area contributed by atoms with Crippen LogP contribution in [0.2, 0.25) is 0 Å². The Morgan fingerprint density at radius 2 is 2.05 bits per heavy atom. The van der Waals surface area contributed by atoms with Crippen molar-refractivity contribution in [3.05, 3.63) is 28.2 Å². The maximum absolute atomic E-state index is 5.31. The minimum absolute atomic E-state index is 0.570. The van der Waals surface area contributed by atoms with Crippen LogP contribution in [0.3, 0.4) is 0 Å². The lowest BCUT2D eigenvalue weighted by molar-refractivity contribution is 0.161. The second-order valence-electron chi connectivity index (χ2n) is 6.19. The summed E-state index contributed by atoms with van der Waals surface area (Å²) in [6.07, 6.45) is 2.60. The third kappa shape index (κ3) is 4.97. The minimum atomic E-state index is 0.570. The van der Waals surface area contributed by atoms with Crippen LogP contribution in [0, 0.1) is 5.92 Å². The van der Waals surface area contributed by atoms with Gasteiger partial charge < -0.3 is 10.1 Å². The lowest BCUT2D eigenvalue weighted by Gasteiger charge is -2.33. The summed E-state index contributed by atoms with van der Waals surface area (Å²) in [6.45, 7) is 9.13. The van der Waals surface area contributed by atoms with Crippen molar-refractivity contribution < 1.29 is 4.74 Å². The highest BCUT2D eigenvalue weighted by molar-refractivity contribution is 9.10. The summed E-state index contributed by atoms with van der Waals surface area (Å²) in [7, 11) is 1.71. The van der Waals surface area contributed by atoms with Gasteiger partial charge in [-0.15, -0.1) is 0 Å². The average molecular weight is 355 g/mol. The van der Waals surface area contributed by atoms with Crippen molar-refractivity contribution in [1.29, 1.82) is 0 Å². The Morgan fingerprint density at radius 1 is 1.33 bits per heavy atom. The molecule has 1 fully saturated rings.